The molecule has 2 N–H and O–H groups in total. The van der Waals surface area contributed by atoms with Crippen LogP contribution in [-0.2, 0) is 4.79 Å². The second kappa shape index (κ2) is 7.94. The molecule has 0 aromatic heterocycles. The monoisotopic (exact) mass is 338 g/mol. The van der Waals surface area contributed by atoms with Gasteiger partial charge < -0.3 is 15.3 Å². The molecule has 5 heteroatoms. The normalized spacial score (nSPS) is 16.3. The van der Waals surface area contributed by atoms with E-state index in [9.17, 15) is 14.7 Å². The largest absolute Gasteiger partial charge is 0.378 e. The van der Waals surface area contributed by atoms with Gasteiger partial charge in [-0.1, -0.05) is 48.5 Å². The second-order valence-electron chi connectivity index (χ2n) is 6.25. The molecule has 5 nitrogen and oxygen atoms in total. The number of aliphatic hydroxyl groups is 1. The highest BCUT2D eigenvalue weighted by Gasteiger charge is 2.26. The number of piperidine rings is 1. The van der Waals surface area contributed by atoms with Crippen LogP contribution in [0.2, 0.25) is 0 Å². The predicted octanol–water partition coefficient (Wildman–Crippen LogP) is 2.14. The summed E-state index contributed by atoms with van der Waals surface area (Å²) < 4.78 is 0. The third-order valence-electron chi connectivity index (χ3n) is 4.51. The van der Waals surface area contributed by atoms with Gasteiger partial charge in [-0.2, -0.15) is 0 Å². The van der Waals surface area contributed by atoms with E-state index in [0.29, 0.717) is 37.1 Å². The molecule has 2 aromatic carbocycles. The lowest BCUT2D eigenvalue weighted by Crippen LogP contribution is -2.47. The van der Waals surface area contributed by atoms with Gasteiger partial charge in [0.2, 0.25) is 0 Å². The molecule has 1 fully saturated rings. The van der Waals surface area contributed by atoms with E-state index >= 15 is 0 Å². The summed E-state index contributed by atoms with van der Waals surface area (Å²) in [6, 6.07) is 18.1. The van der Waals surface area contributed by atoms with E-state index in [0.717, 1.165) is 0 Å². The van der Waals surface area contributed by atoms with Crippen molar-refractivity contribution in [3.8, 4) is 0 Å². The molecule has 0 saturated carbocycles. The Morgan fingerprint density at radius 1 is 0.960 bits per heavy atom. The van der Waals surface area contributed by atoms with Crippen molar-refractivity contribution in [2.45, 2.75) is 25.0 Å². The number of nitrogens with zero attached hydrogens (tertiary/aromatic N) is 1. The Balaban J connectivity index is 1.51. The standard InChI is InChI=1S/C20H22N2O3/c23-18(15-7-3-1-4-8-15)19(24)21-17-11-13-22(14-12-17)20(25)16-9-5-2-6-10-16/h1-10,17-18,23H,11-14H2,(H,21,24). The van der Waals surface area contributed by atoms with Gasteiger partial charge >= 0.3 is 0 Å². The molecule has 130 valence electrons. The number of rotatable bonds is 4. The fourth-order valence-electron chi connectivity index (χ4n) is 3.06. The number of carbonyl (C=O) groups excluding carboxylic acids is 2. The molecule has 0 aliphatic carbocycles. The van der Waals surface area contributed by atoms with Crippen LogP contribution in [0.3, 0.4) is 0 Å². The molecule has 1 atom stereocenters. The van der Waals surface area contributed by atoms with Crippen LogP contribution in [-0.4, -0.2) is 41.0 Å². The Bertz CT molecular complexity index is 710. The van der Waals surface area contributed by atoms with Crippen LogP contribution in [0.5, 0.6) is 0 Å². The van der Waals surface area contributed by atoms with Crippen LogP contribution >= 0.6 is 0 Å². The molecule has 1 unspecified atom stereocenters. The Morgan fingerprint density at radius 2 is 1.52 bits per heavy atom. The summed E-state index contributed by atoms with van der Waals surface area (Å²) in [6.45, 7) is 1.19. The molecule has 0 spiro atoms. The molecular formula is C20H22N2O3. The van der Waals surface area contributed by atoms with Crippen molar-refractivity contribution >= 4 is 11.8 Å². The first-order valence-electron chi connectivity index (χ1n) is 8.53. The fourth-order valence-corrected chi connectivity index (χ4v) is 3.06. The predicted molar refractivity (Wildman–Crippen MR) is 94.9 cm³/mol. The van der Waals surface area contributed by atoms with Crippen molar-refractivity contribution < 1.29 is 14.7 Å². The molecule has 25 heavy (non-hydrogen) atoms. The maximum Gasteiger partial charge on any atom is 0.253 e. The summed E-state index contributed by atoms with van der Waals surface area (Å²) in [5.74, 6) is -0.367. The van der Waals surface area contributed by atoms with Crippen LogP contribution in [0.4, 0.5) is 0 Å². The van der Waals surface area contributed by atoms with E-state index in [4.69, 9.17) is 0 Å². The van der Waals surface area contributed by atoms with E-state index in [-0.39, 0.29) is 17.9 Å². The highest BCUT2D eigenvalue weighted by atomic mass is 16.3. The zero-order valence-electron chi connectivity index (χ0n) is 14.0. The first-order chi connectivity index (χ1) is 12.1. The Labute approximate surface area is 147 Å². The third kappa shape index (κ3) is 4.25. The number of benzene rings is 2. The quantitative estimate of drug-likeness (QED) is 0.897. The zero-order chi connectivity index (χ0) is 17.6. The van der Waals surface area contributed by atoms with Crippen LogP contribution < -0.4 is 5.32 Å². The molecule has 1 saturated heterocycles. The SMILES string of the molecule is O=C(NC1CCN(C(=O)c2ccccc2)CC1)C(O)c1ccccc1. The molecule has 2 amide bonds. The smallest absolute Gasteiger partial charge is 0.253 e. The van der Waals surface area contributed by atoms with Gasteiger partial charge in [-0.3, -0.25) is 9.59 Å². The van der Waals surface area contributed by atoms with E-state index in [2.05, 4.69) is 5.32 Å². The molecule has 0 bridgehead atoms. The van der Waals surface area contributed by atoms with Gasteiger partial charge in [0.15, 0.2) is 6.10 Å². The van der Waals surface area contributed by atoms with Gasteiger partial charge in [-0.25, -0.2) is 0 Å². The second-order valence-corrected chi connectivity index (χ2v) is 6.25. The summed E-state index contributed by atoms with van der Waals surface area (Å²) in [5.41, 5.74) is 1.26. The van der Waals surface area contributed by atoms with Crippen molar-refractivity contribution in [1.82, 2.24) is 10.2 Å². The number of amides is 2. The zero-order valence-corrected chi connectivity index (χ0v) is 14.0. The molecule has 2 aromatic rings. The van der Waals surface area contributed by atoms with Gasteiger partial charge in [0, 0.05) is 24.7 Å². The lowest BCUT2D eigenvalue weighted by molar-refractivity contribution is -0.130. The van der Waals surface area contributed by atoms with Crippen LogP contribution in [0.15, 0.2) is 60.7 Å². The van der Waals surface area contributed by atoms with Crippen LogP contribution in [0.1, 0.15) is 34.9 Å². The van der Waals surface area contributed by atoms with E-state index < -0.39 is 6.10 Å². The van der Waals surface area contributed by atoms with E-state index in [1.807, 2.05) is 41.3 Å². The Kier molecular flexibility index (Phi) is 5.46. The van der Waals surface area contributed by atoms with E-state index in [1.165, 1.54) is 0 Å². The summed E-state index contributed by atoms with van der Waals surface area (Å²) >= 11 is 0. The summed E-state index contributed by atoms with van der Waals surface area (Å²) in [6.07, 6.45) is 0.211. The molecular weight excluding hydrogens is 316 g/mol. The highest BCUT2D eigenvalue weighted by Crippen LogP contribution is 2.16. The number of nitrogens with one attached hydrogen (secondary N) is 1. The Hall–Kier alpha value is -2.66. The fraction of sp³-hybridized carbons (Fsp3) is 0.300. The van der Waals surface area contributed by atoms with Crippen molar-refractivity contribution in [1.29, 1.82) is 0 Å². The van der Waals surface area contributed by atoms with Crippen LogP contribution in [0.25, 0.3) is 0 Å². The molecule has 1 aliphatic rings. The van der Waals surface area contributed by atoms with Gasteiger partial charge in [0.25, 0.3) is 11.8 Å². The minimum absolute atomic E-state index is 0.0225. The van der Waals surface area contributed by atoms with Gasteiger partial charge in [-0.15, -0.1) is 0 Å². The molecule has 1 heterocycles. The number of likely N-dealkylation sites (tertiary alicyclic amines) is 1. The topological polar surface area (TPSA) is 69.6 Å². The lowest BCUT2D eigenvalue weighted by atomic mass is 10.0. The number of aliphatic hydroxyl groups excluding tert-OH is 1. The number of hydrogen-bond donors (Lipinski definition) is 2. The van der Waals surface area contributed by atoms with Crippen molar-refractivity contribution in [3.05, 3.63) is 71.8 Å². The minimum Gasteiger partial charge on any atom is -0.378 e. The maximum absolute atomic E-state index is 12.4. The van der Waals surface area contributed by atoms with Gasteiger partial charge in [0.05, 0.1) is 0 Å². The van der Waals surface area contributed by atoms with Gasteiger partial charge in [-0.05, 0) is 30.5 Å². The number of hydrogen-bond acceptors (Lipinski definition) is 3. The first kappa shape index (κ1) is 17.2. The highest BCUT2D eigenvalue weighted by molar-refractivity contribution is 5.94. The van der Waals surface area contributed by atoms with Crippen molar-refractivity contribution in [2.75, 3.05) is 13.1 Å². The maximum atomic E-state index is 12.4. The summed E-state index contributed by atoms with van der Waals surface area (Å²) in [5, 5.41) is 13.0. The minimum atomic E-state index is -1.16. The van der Waals surface area contributed by atoms with Crippen molar-refractivity contribution in [3.63, 3.8) is 0 Å². The Morgan fingerprint density at radius 3 is 2.12 bits per heavy atom. The summed E-state index contributed by atoms with van der Waals surface area (Å²) in [7, 11) is 0. The van der Waals surface area contributed by atoms with Crippen LogP contribution in [0, 0.1) is 0 Å². The van der Waals surface area contributed by atoms with Crippen molar-refractivity contribution in [2.24, 2.45) is 0 Å². The van der Waals surface area contributed by atoms with Gasteiger partial charge in [0.1, 0.15) is 0 Å². The number of carbonyl (C=O) groups is 2. The third-order valence-corrected chi connectivity index (χ3v) is 4.51. The molecule has 3 rings (SSSR count). The van der Waals surface area contributed by atoms with E-state index in [1.54, 1.807) is 24.3 Å². The molecule has 0 radical (unpaired) electrons. The first-order valence-corrected chi connectivity index (χ1v) is 8.53. The molecule has 1 aliphatic heterocycles. The average Bonchev–Trinajstić information content (AvgIpc) is 2.68. The lowest BCUT2D eigenvalue weighted by Gasteiger charge is -2.32. The summed E-state index contributed by atoms with van der Waals surface area (Å²) in [4.78, 5) is 26.4. The average molecular weight is 338 g/mol.